The smallest absolute Gasteiger partial charge is 0.410 e. The molecular weight excluding hydrogens is 269 g/mol. The predicted molar refractivity (Wildman–Crippen MR) is 81.8 cm³/mol. The number of benzene rings is 1. The Hall–Kier alpha value is -1.79. The Balaban J connectivity index is 2.07. The van der Waals surface area contributed by atoms with E-state index in [2.05, 4.69) is 0 Å². The molecule has 1 fully saturated rings. The monoisotopic (exact) mass is 289 g/mol. The molecular formula is C15H20BNO4. The third-order valence-electron chi connectivity index (χ3n) is 3.79. The summed E-state index contributed by atoms with van der Waals surface area (Å²) < 4.78 is 16.6. The second kappa shape index (κ2) is 5.54. The summed E-state index contributed by atoms with van der Waals surface area (Å²) in [5.74, 6) is 2.23. The van der Waals surface area contributed by atoms with Crippen LogP contribution in [0.5, 0.6) is 5.75 Å². The van der Waals surface area contributed by atoms with Crippen molar-refractivity contribution in [1.29, 1.82) is 0 Å². The van der Waals surface area contributed by atoms with Crippen molar-refractivity contribution in [3.8, 4) is 5.75 Å². The summed E-state index contributed by atoms with van der Waals surface area (Å²) in [4.78, 5) is 10.7. The van der Waals surface area contributed by atoms with Crippen LogP contribution in [0.3, 0.4) is 0 Å². The van der Waals surface area contributed by atoms with Gasteiger partial charge < -0.3 is 19.8 Å². The van der Waals surface area contributed by atoms with Gasteiger partial charge in [0.1, 0.15) is 5.75 Å². The minimum Gasteiger partial charge on any atom is -0.410 e. The lowest BCUT2D eigenvalue weighted by Crippen LogP contribution is -2.41. The molecule has 1 aromatic carbocycles. The minimum atomic E-state index is -0.831. The maximum atomic E-state index is 10.7. The molecule has 6 heteroatoms. The molecule has 0 aliphatic carbocycles. The van der Waals surface area contributed by atoms with Gasteiger partial charge in [-0.15, -0.1) is 0 Å². The Morgan fingerprint density at radius 3 is 2.43 bits per heavy atom. The largest absolute Gasteiger partial charge is 0.487 e. The van der Waals surface area contributed by atoms with E-state index in [1.54, 1.807) is 18.2 Å². The van der Waals surface area contributed by atoms with E-state index in [1.165, 1.54) is 0 Å². The van der Waals surface area contributed by atoms with Gasteiger partial charge in [0.05, 0.1) is 11.2 Å². The first-order valence-electron chi connectivity index (χ1n) is 6.81. The molecule has 21 heavy (non-hydrogen) atoms. The van der Waals surface area contributed by atoms with E-state index in [-0.39, 0.29) is 11.2 Å². The van der Waals surface area contributed by atoms with Crippen molar-refractivity contribution >= 4 is 19.3 Å². The van der Waals surface area contributed by atoms with E-state index < -0.39 is 13.2 Å². The van der Waals surface area contributed by atoms with Crippen LogP contribution in [0.4, 0.5) is 4.79 Å². The summed E-state index contributed by atoms with van der Waals surface area (Å²) in [6.45, 7) is 8.01. The fourth-order valence-corrected chi connectivity index (χ4v) is 1.95. The van der Waals surface area contributed by atoms with Gasteiger partial charge >= 0.3 is 13.2 Å². The van der Waals surface area contributed by atoms with E-state index in [0.29, 0.717) is 5.75 Å². The van der Waals surface area contributed by atoms with Crippen LogP contribution >= 0.6 is 0 Å². The number of rotatable bonds is 3. The van der Waals surface area contributed by atoms with Gasteiger partial charge in [-0.05, 0) is 45.4 Å². The van der Waals surface area contributed by atoms with E-state index in [0.717, 1.165) is 5.56 Å². The molecule has 5 nitrogen and oxygen atoms in total. The Bertz CT molecular complexity index is 553. The number of primary amides is 1. The summed E-state index contributed by atoms with van der Waals surface area (Å²) in [6.07, 6.45) is 1.03. The third kappa shape index (κ3) is 3.65. The highest BCUT2D eigenvalue weighted by molar-refractivity contribution is 6.52. The summed E-state index contributed by atoms with van der Waals surface area (Å²) in [6, 6.07) is 7.04. The molecule has 1 aromatic rings. The lowest BCUT2D eigenvalue weighted by Gasteiger charge is -2.32. The molecule has 112 valence electrons. The summed E-state index contributed by atoms with van der Waals surface area (Å²) in [5, 5.41) is 0. The van der Waals surface area contributed by atoms with Crippen LogP contribution in [0.2, 0.25) is 0 Å². The van der Waals surface area contributed by atoms with E-state index in [9.17, 15) is 4.79 Å². The number of carbonyl (C=O) groups is 1. The van der Waals surface area contributed by atoms with E-state index in [1.807, 2.05) is 45.8 Å². The molecule has 0 bridgehead atoms. The predicted octanol–water partition coefficient (Wildman–Crippen LogP) is 2.79. The SMILES string of the molecule is CC1(C)OB(C=Cc2cccc(OC(N)=O)c2)OC1(C)C. The Morgan fingerprint density at radius 2 is 1.86 bits per heavy atom. The molecule has 1 amide bonds. The molecule has 2 rings (SSSR count). The summed E-state index contributed by atoms with van der Waals surface area (Å²) in [7, 11) is -0.407. The molecule has 1 aliphatic heterocycles. The molecule has 1 aliphatic rings. The van der Waals surface area contributed by atoms with Crippen molar-refractivity contribution in [2.24, 2.45) is 5.73 Å². The van der Waals surface area contributed by atoms with Gasteiger partial charge in [0, 0.05) is 0 Å². The van der Waals surface area contributed by atoms with Crippen LogP contribution in [0.1, 0.15) is 33.3 Å². The normalized spacial score (nSPS) is 19.9. The number of ether oxygens (including phenoxy) is 1. The van der Waals surface area contributed by atoms with Crippen molar-refractivity contribution in [3.05, 3.63) is 35.8 Å². The average molecular weight is 289 g/mol. The second-order valence-electron chi connectivity index (χ2n) is 5.98. The summed E-state index contributed by atoms with van der Waals surface area (Å²) in [5.41, 5.74) is 5.13. The van der Waals surface area contributed by atoms with Crippen molar-refractivity contribution in [1.82, 2.24) is 0 Å². The highest BCUT2D eigenvalue weighted by atomic mass is 16.7. The van der Waals surface area contributed by atoms with Crippen LogP contribution in [0, 0.1) is 0 Å². The number of amides is 1. The Morgan fingerprint density at radius 1 is 1.24 bits per heavy atom. The van der Waals surface area contributed by atoms with Crippen LogP contribution in [-0.4, -0.2) is 24.4 Å². The van der Waals surface area contributed by atoms with Crippen molar-refractivity contribution in [2.45, 2.75) is 38.9 Å². The van der Waals surface area contributed by atoms with Gasteiger partial charge in [-0.25, -0.2) is 4.79 Å². The first-order valence-corrected chi connectivity index (χ1v) is 6.81. The molecule has 0 saturated carbocycles. The molecule has 0 atom stereocenters. The number of carbonyl (C=O) groups excluding carboxylic acids is 1. The lowest BCUT2D eigenvalue weighted by atomic mass is 9.89. The standard InChI is InChI=1S/C15H20BNO4/c1-14(2)15(3,4)21-16(20-14)9-8-11-6-5-7-12(10-11)19-13(17)18/h5-10H,1-4H3,(H2,17,18). The second-order valence-corrected chi connectivity index (χ2v) is 5.98. The first-order chi connectivity index (χ1) is 9.69. The Kier molecular flexibility index (Phi) is 4.12. The van der Waals surface area contributed by atoms with Crippen molar-refractivity contribution in [3.63, 3.8) is 0 Å². The number of nitrogens with two attached hydrogens (primary N) is 1. The van der Waals surface area contributed by atoms with E-state index in [4.69, 9.17) is 19.8 Å². The number of hydrogen-bond acceptors (Lipinski definition) is 4. The third-order valence-corrected chi connectivity index (χ3v) is 3.79. The van der Waals surface area contributed by atoms with Gasteiger partial charge in [0.2, 0.25) is 0 Å². The highest BCUT2D eigenvalue weighted by Gasteiger charge is 2.49. The fraction of sp³-hybridized carbons (Fsp3) is 0.400. The number of hydrogen-bond donors (Lipinski definition) is 1. The molecule has 2 N–H and O–H groups in total. The molecule has 1 heterocycles. The molecule has 0 spiro atoms. The zero-order valence-electron chi connectivity index (χ0n) is 12.8. The van der Waals surface area contributed by atoms with Crippen LogP contribution in [0.15, 0.2) is 30.2 Å². The molecule has 0 aromatic heterocycles. The zero-order valence-corrected chi connectivity index (χ0v) is 12.8. The molecule has 0 unspecified atom stereocenters. The average Bonchev–Trinajstić information content (AvgIpc) is 2.55. The van der Waals surface area contributed by atoms with Gasteiger partial charge in [0.25, 0.3) is 0 Å². The quantitative estimate of drug-likeness (QED) is 0.868. The maximum Gasteiger partial charge on any atom is 0.487 e. The van der Waals surface area contributed by atoms with Gasteiger partial charge in [-0.1, -0.05) is 24.2 Å². The fourth-order valence-electron chi connectivity index (χ4n) is 1.95. The Labute approximate surface area is 125 Å². The molecule has 1 saturated heterocycles. The topological polar surface area (TPSA) is 70.8 Å². The van der Waals surface area contributed by atoms with E-state index >= 15 is 0 Å². The van der Waals surface area contributed by atoms with Crippen LogP contribution in [-0.2, 0) is 9.31 Å². The summed E-state index contributed by atoms with van der Waals surface area (Å²) >= 11 is 0. The van der Waals surface area contributed by atoms with Crippen LogP contribution in [0.25, 0.3) is 6.08 Å². The lowest BCUT2D eigenvalue weighted by molar-refractivity contribution is 0.00578. The van der Waals surface area contributed by atoms with Crippen LogP contribution < -0.4 is 10.5 Å². The van der Waals surface area contributed by atoms with Crippen molar-refractivity contribution in [2.75, 3.05) is 0 Å². The maximum absolute atomic E-state index is 10.7. The van der Waals surface area contributed by atoms with Crippen molar-refractivity contribution < 1.29 is 18.8 Å². The molecule has 0 radical (unpaired) electrons. The zero-order chi connectivity index (χ0) is 15.7. The first kappa shape index (κ1) is 15.6. The van der Waals surface area contributed by atoms with Gasteiger partial charge in [-0.3, -0.25) is 0 Å². The highest BCUT2D eigenvalue weighted by Crippen LogP contribution is 2.37. The minimum absolute atomic E-state index is 0.362. The van der Waals surface area contributed by atoms with Gasteiger partial charge in [0.15, 0.2) is 0 Å². The van der Waals surface area contributed by atoms with Gasteiger partial charge in [-0.2, -0.15) is 0 Å².